The molecule has 7 heteroatoms. The summed E-state index contributed by atoms with van der Waals surface area (Å²) >= 11 is 3.55. The van der Waals surface area contributed by atoms with Gasteiger partial charge < -0.3 is 14.4 Å². The molecule has 0 radical (unpaired) electrons. The first kappa shape index (κ1) is 19.5. The molecule has 4 rings (SSSR count). The molecule has 1 aromatic heterocycles. The summed E-state index contributed by atoms with van der Waals surface area (Å²) in [7, 11) is 3.61. The Morgan fingerprint density at radius 2 is 1.93 bits per heavy atom. The highest BCUT2D eigenvalue weighted by molar-refractivity contribution is 9.10. The van der Waals surface area contributed by atoms with Gasteiger partial charge in [0, 0.05) is 43.3 Å². The molecule has 1 aliphatic rings. The first-order valence-electron chi connectivity index (χ1n) is 9.45. The first-order valence-corrected chi connectivity index (χ1v) is 10.2. The SMILES string of the molecule is CN(Cc1ccccc1Br)C(=O)c1cn(C)nc1-c1ccc2c(c1)OCCCO2. The molecule has 2 heterocycles. The third kappa shape index (κ3) is 4.15. The monoisotopic (exact) mass is 455 g/mol. The Bertz CT molecular complexity index is 1050. The number of nitrogens with zero attached hydrogens (tertiary/aromatic N) is 3. The number of rotatable bonds is 4. The maximum atomic E-state index is 13.2. The lowest BCUT2D eigenvalue weighted by Gasteiger charge is -2.18. The lowest BCUT2D eigenvalue weighted by Crippen LogP contribution is -2.26. The van der Waals surface area contributed by atoms with E-state index in [-0.39, 0.29) is 5.91 Å². The third-order valence-corrected chi connectivity index (χ3v) is 5.57. The number of hydrogen-bond donors (Lipinski definition) is 0. The first-order chi connectivity index (χ1) is 14.0. The van der Waals surface area contributed by atoms with Gasteiger partial charge in [0.15, 0.2) is 11.5 Å². The van der Waals surface area contributed by atoms with Crippen molar-refractivity contribution in [3.8, 4) is 22.8 Å². The Labute approximate surface area is 178 Å². The van der Waals surface area contributed by atoms with Gasteiger partial charge in [-0.3, -0.25) is 9.48 Å². The number of amides is 1. The molecular weight excluding hydrogens is 434 g/mol. The predicted molar refractivity (Wildman–Crippen MR) is 114 cm³/mol. The van der Waals surface area contributed by atoms with E-state index in [1.165, 1.54) is 0 Å². The van der Waals surface area contributed by atoms with Crippen LogP contribution < -0.4 is 9.47 Å². The number of halogens is 1. The topological polar surface area (TPSA) is 56.6 Å². The van der Waals surface area contributed by atoms with Gasteiger partial charge in [-0.2, -0.15) is 5.10 Å². The van der Waals surface area contributed by atoms with Gasteiger partial charge in [-0.15, -0.1) is 0 Å². The van der Waals surface area contributed by atoms with Crippen molar-refractivity contribution >= 4 is 21.8 Å². The fraction of sp³-hybridized carbons (Fsp3) is 0.273. The third-order valence-electron chi connectivity index (χ3n) is 4.79. The number of carbonyl (C=O) groups is 1. The van der Waals surface area contributed by atoms with Gasteiger partial charge in [0.2, 0.25) is 0 Å². The van der Waals surface area contributed by atoms with Crippen LogP contribution in [0.5, 0.6) is 11.5 Å². The highest BCUT2D eigenvalue weighted by atomic mass is 79.9. The summed E-state index contributed by atoms with van der Waals surface area (Å²) in [6.45, 7) is 1.74. The molecule has 3 aromatic rings. The van der Waals surface area contributed by atoms with Crippen LogP contribution in [0.2, 0.25) is 0 Å². The van der Waals surface area contributed by atoms with Crippen LogP contribution in [0.1, 0.15) is 22.3 Å². The quantitative estimate of drug-likeness (QED) is 0.588. The molecule has 1 amide bonds. The van der Waals surface area contributed by atoms with Crippen LogP contribution in [-0.2, 0) is 13.6 Å². The van der Waals surface area contributed by atoms with Crippen molar-refractivity contribution in [1.29, 1.82) is 0 Å². The number of aromatic nitrogens is 2. The zero-order chi connectivity index (χ0) is 20.4. The summed E-state index contributed by atoms with van der Waals surface area (Å²) < 4.78 is 14.2. The van der Waals surface area contributed by atoms with E-state index < -0.39 is 0 Å². The summed E-state index contributed by atoms with van der Waals surface area (Å²) in [5.41, 5.74) is 3.06. The molecule has 0 N–H and O–H groups in total. The Hall–Kier alpha value is -2.80. The molecule has 150 valence electrons. The highest BCUT2D eigenvalue weighted by Crippen LogP contribution is 2.35. The molecular formula is C22H22BrN3O3. The van der Waals surface area contributed by atoms with Gasteiger partial charge in [0.05, 0.1) is 18.8 Å². The van der Waals surface area contributed by atoms with Gasteiger partial charge in [-0.25, -0.2) is 0 Å². The van der Waals surface area contributed by atoms with Gasteiger partial charge in [0.1, 0.15) is 5.69 Å². The van der Waals surface area contributed by atoms with Crippen LogP contribution in [0, 0.1) is 0 Å². The Balaban J connectivity index is 1.64. The molecule has 0 saturated heterocycles. The molecule has 0 aliphatic carbocycles. The summed E-state index contributed by atoms with van der Waals surface area (Å²) in [6, 6.07) is 13.6. The minimum absolute atomic E-state index is 0.0871. The minimum Gasteiger partial charge on any atom is -0.490 e. The van der Waals surface area contributed by atoms with Crippen molar-refractivity contribution in [2.24, 2.45) is 7.05 Å². The van der Waals surface area contributed by atoms with Crippen molar-refractivity contribution in [2.75, 3.05) is 20.3 Å². The molecule has 0 fully saturated rings. The average molecular weight is 456 g/mol. The molecule has 1 aliphatic heterocycles. The van der Waals surface area contributed by atoms with Crippen molar-refractivity contribution in [3.63, 3.8) is 0 Å². The summed E-state index contributed by atoms with van der Waals surface area (Å²) in [6.07, 6.45) is 2.61. The van der Waals surface area contributed by atoms with E-state index in [9.17, 15) is 4.79 Å². The second-order valence-electron chi connectivity index (χ2n) is 7.03. The molecule has 2 aromatic carbocycles. The van der Waals surface area contributed by atoms with E-state index in [0.29, 0.717) is 36.8 Å². The van der Waals surface area contributed by atoms with Crippen molar-refractivity contribution in [2.45, 2.75) is 13.0 Å². The van der Waals surface area contributed by atoms with Gasteiger partial charge in [-0.1, -0.05) is 34.1 Å². The number of carbonyl (C=O) groups excluding carboxylic acids is 1. The van der Waals surface area contributed by atoms with E-state index >= 15 is 0 Å². The Kier molecular flexibility index (Phi) is 5.58. The van der Waals surface area contributed by atoms with E-state index in [1.54, 1.807) is 22.8 Å². The van der Waals surface area contributed by atoms with E-state index in [2.05, 4.69) is 21.0 Å². The highest BCUT2D eigenvalue weighted by Gasteiger charge is 2.22. The van der Waals surface area contributed by atoms with Crippen molar-refractivity contribution < 1.29 is 14.3 Å². The van der Waals surface area contributed by atoms with E-state index in [4.69, 9.17) is 9.47 Å². The second-order valence-corrected chi connectivity index (χ2v) is 7.88. The number of ether oxygens (including phenoxy) is 2. The normalized spacial score (nSPS) is 13.1. The van der Waals surface area contributed by atoms with Crippen molar-refractivity contribution in [1.82, 2.24) is 14.7 Å². The molecule has 0 saturated carbocycles. The number of aryl methyl sites for hydroxylation is 1. The number of hydrogen-bond acceptors (Lipinski definition) is 4. The zero-order valence-electron chi connectivity index (χ0n) is 16.4. The standard InChI is InChI=1S/C22H22BrN3O3/c1-25(13-16-6-3-4-7-18(16)23)22(27)17-14-26(2)24-21(17)15-8-9-19-20(12-15)29-11-5-10-28-19/h3-4,6-9,12,14H,5,10-11,13H2,1-2H3. The summed E-state index contributed by atoms with van der Waals surface area (Å²) in [5, 5.41) is 4.54. The molecule has 0 atom stereocenters. The number of benzene rings is 2. The van der Waals surface area contributed by atoms with Gasteiger partial charge >= 0.3 is 0 Å². The fourth-order valence-electron chi connectivity index (χ4n) is 3.33. The van der Waals surface area contributed by atoms with Crippen LogP contribution >= 0.6 is 15.9 Å². The van der Waals surface area contributed by atoms with Gasteiger partial charge in [0.25, 0.3) is 5.91 Å². The average Bonchev–Trinajstić information content (AvgIpc) is 2.95. The lowest BCUT2D eigenvalue weighted by atomic mass is 10.1. The molecule has 0 bridgehead atoms. The fourth-order valence-corrected chi connectivity index (χ4v) is 3.74. The lowest BCUT2D eigenvalue weighted by molar-refractivity contribution is 0.0785. The van der Waals surface area contributed by atoms with Crippen LogP contribution in [0.3, 0.4) is 0 Å². The maximum absolute atomic E-state index is 13.2. The smallest absolute Gasteiger partial charge is 0.257 e. The Morgan fingerprint density at radius 1 is 1.17 bits per heavy atom. The van der Waals surface area contributed by atoms with Crippen LogP contribution in [-0.4, -0.2) is 40.8 Å². The van der Waals surface area contributed by atoms with Crippen molar-refractivity contribution in [3.05, 3.63) is 64.3 Å². The molecule has 6 nitrogen and oxygen atoms in total. The molecule has 0 unspecified atom stereocenters. The van der Waals surface area contributed by atoms with Gasteiger partial charge in [-0.05, 0) is 29.8 Å². The minimum atomic E-state index is -0.0871. The van der Waals surface area contributed by atoms with E-state index in [0.717, 1.165) is 27.8 Å². The zero-order valence-corrected chi connectivity index (χ0v) is 18.0. The molecule has 0 spiro atoms. The largest absolute Gasteiger partial charge is 0.490 e. The Morgan fingerprint density at radius 3 is 2.72 bits per heavy atom. The molecule has 29 heavy (non-hydrogen) atoms. The van der Waals surface area contributed by atoms with E-state index in [1.807, 2.05) is 49.5 Å². The second kappa shape index (κ2) is 8.29. The van der Waals surface area contributed by atoms with Crippen LogP contribution in [0.15, 0.2) is 53.1 Å². The summed E-state index contributed by atoms with van der Waals surface area (Å²) in [4.78, 5) is 14.9. The van der Waals surface area contributed by atoms with Crippen LogP contribution in [0.25, 0.3) is 11.3 Å². The van der Waals surface area contributed by atoms with Crippen LogP contribution in [0.4, 0.5) is 0 Å². The maximum Gasteiger partial charge on any atom is 0.257 e. The summed E-state index contributed by atoms with van der Waals surface area (Å²) in [5.74, 6) is 1.32. The number of fused-ring (bicyclic) bond motifs is 1. The predicted octanol–water partition coefficient (Wildman–Crippen LogP) is 4.28.